The Kier molecular flexibility index (Phi) is 3.27. The lowest BCUT2D eigenvalue weighted by Crippen LogP contribution is -2.26. The van der Waals surface area contributed by atoms with E-state index >= 15 is 0 Å². The molecule has 0 aliphatic rings. The predicted molar refractivity (Wildman–Crippen MR) is 52.3 cm³/mol. The molecule has 0 atom stereocenters. The molecular formula is C10H7F3N2O2. The van der Waals surface area contributed by atoms with Crippen LogP contribution in [-0.2, 0) is 12.7 Å². The van der Waals surface area contributed by atoms with Crippen molar-refractivity contribution in [3.8, 4) is 11.9 Å². The number of aromatic hydroxyl groups is 1. The van der Waals surface area contributed by atoms with Crippen molar-refractivity contribution < 1.29 is 18.3 Å². The first-order valence-electron chi connectivity index (χ1n) is 4.38. The van der Waals surface area contributed by atoms with Gasteiger partial charge in [-0.25, -0.2) is 0 Å². The third-order valence-corrected chi connectivity index (χ3v) is 2.01. The van der Waals surface area contributed by atoms with Crippen LogP contribution < -0.4 is 5.56 Å². The zero-order valence-corrected chi connectivity index (χ0v) is 8.45. The molecule has 0 aromatic carbocycles. The zero-order chi connectivity index (χ0) is 13.2. The lowest BCUT2D eigenvalue weighted by molar-refractivity contribution is -0.138. The van der Waals surface area contributed by atoms with Crippen molar-refractivity contribution in [2.45, 2.75) is 12.7 Å². The molecule has 0 saturated carbocycles. The van der Waals surface area contributed by atoms with Gasteiger partial charge in [-0.3, -0.25) is 9.36 Å². The maximum Gasteiger partial charge on any atom is 0.418 e. The van der Waals surface area contributed by atoms with Gasteiger partial charge in [0.2, 0.25) is 0 Å². The molecule has 0 saturated heterocycles. The van der Waals surface area contributed by atoms with Crippen molar-refractivity contribution in [2.75, 3.05) is 0 Å². The molecular weight excluding hydrogens is 237 g/mol. The van der Waals surface area contributed by atoms with Gasteiger partial charge in [-0.05, 0) is 0 Å². The SMILES string of the molecule is C=CCn1c(O)cc(C(F)(F)F)c(C#N)c1=O. The second-order valence-corrected chi connectivity index (χ2v) is 3.11. The highest BCUT2D eigenvalue weighted by molar-refractivity contribution is 5.40. The highest BCUT2D eigenvalue weighted by atomic mass is 19.4. The topological polar surface area (TPSA) is 66.0 Å². The molecule has 0 aliphatic heterocycles. The van der Waals surface area contributed by atoms with E-state index in [1.165, 1.54) is 12.1 Å². The summed E-state index contributed by atoms with van der Waals surface area (Å²) in [6.07, 6.45) is -3.65. The molecule has 0 fully saturated rings. The van der Waals surface area contributed by atoms with Crippen LogP contribution in [0.4, 0.5) is 13.2 Å². The fraction of sp³-hybridized carbons (Fsp3) is 0.200. The molecule has 0 bridgehead atoms. The minimum Gasteiger partial charge on any atom is -0.494 e. The summed E-state index contributed by atoms with van der Waals surface area (Å²) in [5, 5.41) is 17.9. The third kappa shape index (κ3) is 2.30. The number of nitrogens with zero attached hydrogens (tertiary/aromatic N) is 2. The maximum absolute atomic E-state index is 12.5. The van der Waals surface area contributed by atoms with Gasteiger partial charge in [0.25, 0.3) is 5.56 Å². The number of pyridine rings is 1. The first-order chi connectivity index (χ1) is 7.82. The summed E-state index contributed by atoms with van der Waals surface area (Å²) >= 11 is 0. The van der Waals surface area contributed by atoms with E-state index in [1.807, 2.05) is 0 Å². The van der Waals surface area contributed by atoms with E-state index in [1.54, 1.807) is 0 Å². The monoisotopic (exact) mass is 244 g/mol. The molecule has 7 heteroatoms. The van der Waals surface area contributed by atoms with E-state index in [9.17, 15) is 23.1 Å². The van der Waals surface area contributed by atoms with Crippen LogP contribution in [0, 0.1) is 11.3 Å². The van der Waals surface area contributed by atoms with Gasteiger partial charge in [-0.15, -0.1) is 6.58 Å². The van der Waals surface area contributed by atoms with Crippen LogP contribution in [0.15, 0.2) is 23.5 Å². The van der Waals surface area contributed by atoms with Gasteiger partial charge in [0.1, 0.15) is 11.6 Å². The average Bonchev–Trinajstić information content (AvgIpc) is 2.22. The van der Waals surface area contributed by atoms with E-state index in [0.717, 1.165) is 0 Å². The molecule has 17 heavy (non-hydrogen) atoms. The summed E-state index contributed by atoms with van der Waals surface area (Å²) in [7, 11) is 0. The fourth-order valence-electron chi connectivity index (χ4n) is 1.27. The Balaban J connectivity index is 3.66. The quantitative estimate of drug-likeness (QED) is 0.804. The second-order valence-electron chi connectivity index (χ2n) is 3.11. The molecule has 90 valence electrons. The minimum absolute atomic E-state index is 0.183. The Morgan fingerprint density at radius 3 is 2.59 bits per heavy atom. The van der Waals surface area contributed by atoms with Crippen molar-refractivity contribution in [3.05, 3.63) is 40.2 Å². The van der Waals surface area contributed by atoms with Gasteiger partial charge in [-0.1, -0.05) is 6.08 Å². The number of halogens is 3. The van der Waals surface area contributed by atoms with E-state index in [-0.39, 0.29) is 6.54 Å². The lowest BCUT2D eigenvalue weighted by atomic mass is 10.1. The van der Waals surface area contributed by atoms with Gasteiger partial charge in [0, 0.05) is 12.6 Å². The molecule has 0 spiro atoms. The maximum atomic E-state index is 12.5. The highest BCUT2D eigenvalue weighted by Gasteiger charge is 2.36. The molecule has 1 aromatic rings. The number of hydrogen-bond acceptors (Lipinski definition) is 3. The smallest absolute Gasteiger partial charge is 0.418 e. The fourth-order valence-corrected chi connectivity index (χ4v) is 1.27. The summed E-state index contributed by atoms with van der Waals surface area (Å²) < 4.78 is 38.1. The van der Waals surface area contributed by atoms with Gasteiger partial charge in [0.15, 0.2) is 5.88 Å². The van der Waals surface area contributed by atoms with E-state index < -0.39 is 28.7 Å². The predicted octanol–water partition coefficient (Wildman–Crippen LogP) is 1.63. The number of rotatable bonds is 2. The molecule has 0 unspecified atom stereocenters. The second kappa shape index (κ2) is 4.33. The van der Waals surface area contributed by atoms with Crippen molar-refractivity contribution >= 4 is 0 Å². The molecule has 0 amide bonds. The van der Waals surface area contributed by atoms with E-state index in [4.69, 9.17) is 5.26 Å². The number of allylic oxidation sites excluding steroid dienone is 1. The summed E-state index contributed by atoms with van der Waals surface area (Å²) in [5.41, 5.74) is -3.68. The number of nitriles is 1. The van der Waals surface area contributed by atoms with Crippen molar-refractivity contribution in [2.24, 2.45) is 0 Å². The molecule has 1 heterocycles. The summed E-state index contributed by atoms with van der Waals surface area (Å²) in [4.78, 5) is 11.5. The summed E-state index contributed by atoms with van der Waals surface area (Å²) in [6.45, 7) is 3.11. The van der Waals surface area contributed by atoms with Crippen molar-refractivity contribution in [1.82, 2.24) is 4.57 Å². The third-order valence-electron chi connectivity index (χ3n) is 2.01. The Labute approximate surface area is 93.8 Å². The highest BCUT2D eigenvalue weighted by Crippen LogP contribution is 2.32. The van der Waals surface area contributed by atoms with E-state index in [0.29, 0.717) is 10.6 Å². The molecule has 0 aliphatic carbocycles. The van der Waals surface area contributed by atoms with Gasteiger partial charge in [0.05, 0.1) is 5.56 Å². The van der Waals surface area contributed by atoms with Crippen LogP contribution in [0.1, 0.15) is 11.1 Å². The molecule has 1 N–H and O–H groups in total. The Morgan fingerprint density at radius 1 is 1.59 bits per heavy atom. The Morgan fingerprint density at radius 2 is 2.18 bits per heavy atom. The zero-order valence-electron chi connectivity index (χ0n) is 8.45. The van der Waals surface area contributed by atoms with Gasteiger partial charge in [-0.2, -0.15) is 18.4 Å². The number of aromatic nitrogens is 1. The van der Waals surface area contributed by atoms with Crippen LogP contribution in [0.5, 0.6) is 5.88 Å². The summed E-state index contributed by atoms with van der Waals surface area (Å²) in [5.74, 6) is -0.860. The van der Waals surface area contributed by atoms with Crippen LogP contribution in [0.3, 0.4) is 0 Å². The van der Waals surface area contributed by atoms with Crippen molar-refractivity contribution in [1.29, 1.82) is 5.26 Å². The number of hydrogen-bond donors (Lipinski definition) is 1. The standard InChI is InChI=1S/C10H7F3N2O2/c1-2-3-15-8(16)4-7(10(11,12)13)6(5-14)9(15)17/h2,4,16H,1,3H2. The first-order valence-corrected chi connectivity index (χ1v) is 4.38. The summed E-state index contributed by atoms with van der Waals surface area (Å²) in [6, 6.07) is 1.55. The number of alkyl halides is 3. The van der Waals surface area contributed by atoms with E-state index in [2.05, 4.69) is 6.58 Å². The minimum atomic E-state index is -4.87. The van der Waals surface area contributed by atoms with Gasteiger partial charge < -0.3 is 5.11 Å². The average molecular weight is 244 g/mol. The van der Waals surface area contributed by atoms with Gasteiger partial charge >= 0.3 is 6.18 Å². The largest absolute Gasteiger partial charge is 0.494 e. The normalized spacial score (nSPS) is 10.9. The lowest BCUT2D eigenvalue weighted by Gasteiger charge is -2.12. The molecule has 1 rings (SSSR count). The van der Waals surface area contributed by atoms with Crippen LogP contribution in [0.2, 0.25) is 0 Å². The van der Waals surface area contributed by atoms with Crippen molar-refractivity contribution in [3.63, 3.8) is 0 Å². The molecule has 1 aromatic heterocycles. The first kappa shape index (κ1) is 12.8. The molecule has 4 nitrogen and oxygen atoms in total. The Hall–Kier alpha value is -2.23. The molecule has 0 radical (unpaired) electrons. The van der Waals surface area contributed by atoms with Crippen LogP contribution in [-0.4, -0.2) is 9.67 Å². The Bertz CT molecular complexity index is 552. The van der Waals surface area contributed by atoms with Crippen LogP contribution >= 0.6 is 0 Å². The van der Waals surface area contributed by atoms with Crippen LogP contribution in [0.25, 0.3) is 0 Å².